The van der Waals surface area contributed by atoms with Gasteiger partial charge in [0.05, 0.1) is 29.4 Å². The Kier molecular flexibility index (Phi) is 8.16. The summed E-state index contributed by atoms with van der Waals surface area (Å²) in [4.78, 5) is 0.465. The summed E-state index contributed by atoms with van der Waals surface area (Å²) < 4.78 is 50.0. The molecule has 0 spiro atoms. The van der Waals surface area contributed by atoms with Crippen LogP contribution in [0.4, 0.5) is 0 Å². The fourth-order valence-corrected chi connectivity index (χ4v) is 5.49. The molecule has 3 aromatic carbocycles. The average molecular weight is 540 g/mol. The standard InChI is InChI=1S/C28H29NO6S2/c1-19-15-26(34-12-5-13-37(3,32)33)20(2)14-25(19)23-7-4-6-21(16-23)18-35-24-10-8-22(9-11-24)27-17-28(30)29-36(27)31/h4,6-11,14-17H,5,12-13,18H2,1-3H3,(H,29,30). The second-order valence-corrected chi connectivity index (χ2v) is 12.4. The average Bonchev–Trinajstić information content (AvgIpc) is 3.20. The van der Waals surface area contributed by atoms with Crippen molar-refractivity contribution in [1.29, 1.82) is 0 Å². The van der Waals surface area contributed by atoms with Gasteiger partial charge in [-0.2, -0.15) is 0 Å². The van der Waals surface area contributed by atoms with Crippen molar-refractivity contribution in [2.24, 2.45) is 0 Å². The molecule has 37 heavy (non-hydrogen) atoms. The summed E-state index contributed by atoms with van der Waals surface area (Å²) >= 11 is 0. The lowest BCUT2D eigenvalue weighted by atomic mass is 9.96. The van der Waals surface area contributed by atoms with Gasteiger partial charge >= 0.3 is 0 Å². The van der Waals surface area contributed by atoms with Crippen LogP contribution in [0.2, 0.25) is 0 Å². The highest BCUT2D eigenvalue weighted by atomic mass is 32.2. The van der Waals surface area contributed by atoms with Crippen molar-refractivity contribution in [3.8, 4) is 38.9 Å². The molecule has 1 N–H and O–H groups in total. The van der Waals surface area contributed by atoms with Gasteiger partial charge in [0.1, 0.15) is 27.9 Å². The van der Waals surface area contributed by atoms with Crippen LogP contribution >= 0.6 is 10.9 Å². The summed E-state index contributed by atoms with van der Waals surface area (Å²) in [5, 5.41) is 9.45. The highest BCUT2D eigenvalue weighted by Crippen LogP contribution is 2.35. The monoisotopic (exact) mass is 539 g/mol. The molecule has 4 rings (SSSR count). The number of nitrogens with zero attached hydrogens (tertiary/aromatic N) is 1. The van der Waals surface area contributed by atoms with Crippen LogP contribution < -0.4 is 9.47 Å². The number of benzene rings is 3. The van der Waals surface area contributed by atoms with E-state index in [0.717, 1.165) is 33.6 Å². The second kappa shape index (κ2) is 11.3. The molecule has 0 saturated carbocycles. The van der Waals surface area contributed by atoms with Gasteiger partial charge < -0.3 is 19.1 Å². The molecular formula is C28H29NO6S2. The Bertz CT molecular complexity index is 1490. The van der Waals surface area contributed by atoms with Gasteiger partial charge in [-0.25, -0.2) is 8.42 Å². The van der Waals surface area contributed by atoms with E-state index in [-0.39, 0.29) is 11.6 Å². The molecular weight excluding hydrogens is 510 g/mol. The first-order valence-electron chi connectivity index (χ1n) is 11.7. The SMILES string of the molecule is Cc1cc(-c2cccc(COc3ccc(-c4cc(O)n[s+]4[O-])cc3)c2)c(C)cc1OCCCS(C)(=O)=O. The highest BCUT2D eigenvalue weighted by Gasteiger charge is 2.15. The number of rotatable bonds is 10. The Hall–Kier alpha value is -3.40. The lowest BCUT2D eigenvalue weighted by molar-refractivity contribution is 0.306. The summed E-state index contributed by atoms with van der Waals surface area (Å²) in [6.07, 6.45) is 1.69. The Morgan fingerprint density at radius 3 is 2.38 bits per heavy atom. The van der Waals surface area contributed by atoms with E-state index in [1.807, 2.05) is 32.0 Å². The number of sulfone groups is 1. The van der Waals surface area contributed by atoms with Gasteiger partial charge in [-0.3, -0.25) is 0 Å². The molecule has 7 nitrogen and oxygen atoms in total. The number of ether oxygens (including phenoxy) is 2. The van der Waals surface area contributed by atoms with Gasteiger partial charge in [-0.1, -0.05) is 18.2 Å². The third-order valence-corrected chi connectivity index (χ3v) is 7.96. The maximum Gasteiger partial charge on any atom is 0.270 e. The number of hydrogen-bond donors (Lipinski definition) is 1. The van der Waals surface area contributed by atoms with Crippen LogP contribution in [0.3, 0.4) is 0 Å². The summed E-state index contributed by atoms with van der Waals surface area (Å²) in [6.45, 7) is 4.74. The highest BCUT2D eigenvalue weighted by molar-refractivity contribution is 7.90. The zero-order valence-electron chi connectivity index (χ0n) is 20.9. The largest absolute Gasteiger partial charge is 0.568 e. The third kappa shape index (κ3) is 7.09. The normalized spacial score (nSPS) is 11.9. The molecule has 0 fully saturated rings. The fraction of sp³-hybridized carbons (Fsp3) is 0.250. The maximum atomic E-state index is 11.9. The summed E-state index contributed by atoms with van der Waals surface area (Å²) in [6, 6.07) is 20.8. The zero-order chi connectivity index (χ0) is 26.6. The predicted molar refractivity (Wildman–Crippen MR) is 145 cm³/mol. The van der Waals surface area contributed by atoms with E-state index < -0.39 is 20.8 Å². The van der Waals surface area contributed by atoms with Crippen molar-refractivity contribution >= 4 is 20.8 Å². The smallest absolute Gasteiger partial charge is 0.270 e. The third-order valence-electron chi connectivity index (χ3n) is 5.85. The molecule has 1 heterocycles. The first kappa shape index (κ1) is 26.7. The van der Waals surface area contributed by atoms with Crippen molar-refractivity contribution in [3.63, 3.8) is 0 Å². The molecule has 0 aliphatic carbocycles. The molecule has 9 heteroatoms. The molecule has 1 unspecified atom stereocenters. The van der Waals surface area contributed by atoms with Crippen LogP contribution in [0.15, 0.2) is 66.7 Å². The van der Waals surface area contributed by atoms with Crippen LogP contribution in [0.1, 0.15) is 23.1 Å². The lowest BCUT2D eigenvalue weighted by Crippen LogP contribution is -2.08. The topological polar surface area (TPSA) is 109 Å². The minimum Gasteiger partial charge on any atom is -0.568 e. The van der Waals surface area contributed by atoms with Crippen LogP contribution in [-0.2, 0) is 16.4 Å². The summed E-state index contributed by atoms with van der Waals surface area (Å²) in [5.41, 5.74) is 5.93. The van der Waals surface area contributed by atoms with Gasteiger partial charge in [0, 0.05) is 16.2 Å². The molecule has 1 atom stereocenters. The molecule has 0 bridgehead atoms. The van der Waals surface area contributed by atoms with Crippen molar-refractivity contribution in [3.05, 3.63) is 83.4 Å². The molecule has 1 aromatic heterocycles. The van der Waals surface area contributed by atoms with E-state index >= 15 is 0 Å². The molecule has 0 amide bonds. The molecule has 0 aliphatic rings. The maximum absolute atomic E-state index is 11.9. The Labute approximate surface area is 220 Å². The van der Waals surface area contributed by atoms with Gasteiger partial charge in [0.15, 0.2) is 0 Å². The van der Waals surface area contributed by atoms with Crippen molar-refractivity contribution in [2.75, 3.05) is 18.6 Å². The number of aromatic hydroxyl groups is 1. The van der Waals surface area contributed by atoms with Crippen molar-refractivity contribution < 1.29 is 27.6 Å². The molecule has 0 saturated heterocycles. The molecule has 194 valence electrons. The van der Waals surface area contributed by atoms with Gasteiger partial charge in [0.25, 0.3) is 5.88 Å². The zero-order valence-corrected chi connectivity index (χ0v) is 22.6. The van der Waals surface area contributed by atoms with Crippen molar-refractivity contribution in [1.82, 2.24) is 4.37 Å². The Balaban J connectivity index is 1.41. The van der Waals surface area contributed by atoms with E-state index in [4.69, 9.17) is 9.47 Å². The lowest BCUT2D eigenvalue weighted by Gasteiger charge is -2.14. The summed E-state index contributed by atoms with van der Waals surface area (Å²) in [5.74, 6) is 1.32. The fourth-order valence-electron chi connectivity index (χ4n) is 3.98. The van der Waals surface area contributed by atoms with E-state index in [1.165, 1.54) is 12.3 Å². The van der Waals surface area contributed by atoms with E-state index in [1.54, 1.807) is 24.3 Å². The van der Waals surface area contributed by atoms with Crippen LogP contribution in [0.25, 0.3) is 21.6 Å². The number of hydrogen-bond acceptors (Lipinski definition) is 7. The first-order valence-corrected chi connectivity index (χ1v) is 14.9. The van der Waals surface area contributed by atoms with Crippen LogP contribution in [0.5, 0.6) is 17.4 Å². The van der Waals surface area contributed by atoms with Gasteiger partial charge in [0.2, 0.25) is 4.88 Å². The minimum atomic E-state index is -2.99. The van der Waals surface area contributed by atoms with Crippen LogP contribution in [-0.4, -0.2) is 41.1 Å². The number of aromatic nitrogens is 1. The predicted octanol–water partition coefficient (Wildman–Crippen LogP) is 5.86. The van der Waals surface area contributed by atoms with E-state index in [2.05, 4.69) is 22.6 Å². The quantitative estimate of drug-likeness (QED) is 0.199. The van der Waals surface area contributed by atoms with Gasteiger partial charge in [-0.15, -0.1) is 0 Å². The first-order chi connectivity index (χ1) is 17.6. The van der Waals surface area contributed by atoms with Crippen molar-refractivity contribution in [2.45, 2.75) is 26.9 Å². The number of aryl methyl sites for hydroxylation is 2. The molecule has 0 aliphatic heterocycles. The molecule has 0 radical (unpaired) electrons. The van der Waals surface area contributed by atoms with E-state index in [9.17, 15) is 18.1 Å². The minimum absolute atomic E-state index is 0.112. The Morgan fingerprint density at radius 2 is 1.70 bits per heavy atom. The molecule has 4 aromatic rings. The van der Waals surface area contributed by atoms with Gasteiger partial charge in [-0.05, 0) is 90.6 Å². The summed E-state index contributed by atoms with van der Waals surface area (Å²) in [7, 11) is -4.58. The second-order valence-electron chi connectivity index (χ2n) is 8.99. The Morgan fingerprint density at radius 1 is 0.946 bits per heavy atom. The van der Waals surface area contributed by atoms with E-state index in [0.29, 0.717) is 35.8 Å². The van der Waals surface area contributed by atoms with Crippen LogP contribution in [0, 0.1) is 13.8 Å².